The number of nitrogens with one attached hydrogen (secondary N) is 1. The molecular formula is C22H33N3O4. The number of carbonyl (C=O) groups is 1. The molecule has 29 heavy (non-hydrogen) atoms. The Hall–Kier alpha value is -2.41. The van der Waals surface area contributed by atoms with Crippen LogP contribution in [0, 0.1) is 0 Å². The van der Waals surface area contributed by atoms with Gasteiger partial charge in [-0.05, 0) is 58.1 Å². The van der Waals surface area contributed by atoms with E-state index in [-0.39, 0.29) is 11.9 Å². The highest BCUT2D eigenvalue weighted by Crippen LogP contribution is 2.19. The smallest absolute Gasteiger partial charge is 0.220 e. The largest absolute Gasteiger partial charge is 0.496 e. The molecule has 1 aromatic heterocycles. The lowest BCUT2D eigenvalue weighted by molar-refractivity contribution is -0.121. The van der Waals surface area contributed by atoms with Crippen molar-refractivity contribution < 1.29 is 19.1 Å². The van der Waals surface area contributed by atoms with E-state index in [1.165, 1.54) is 0 Å². The third kappa shape index (κ3) is 8.64. The molecule has 1 amide bonds. The van der Waals surface area contributed by atoms with Gasteiger partial charge in [-0.2, -0.15) is 0 Å². The van der Waals surface area contributed by atoms with E-state index in [0.717, 1.165) is 30.6 Å². The van der Waals surface area contributed by atoms with Crippen molar-refractivity contribution in [3.05, 3.63) is 41.6 Å². The number of ether oxygens (including phenoxy) is 1. The molecule has 2 rings (SSSR count). The number of benzene rings is 1. The van der Waals surface area contributed by atoms with Gasteiger partial charge in [0.25, 0.3) is 0 Å². The molecule has 2 aromatic rings. The summed E-state index contributed by atoms with van der Waals surface area (Å²) < 4.78 is 11.0. The van der Waals surface area contributed by atoms with Gasteiger partial charge in [-0.3, -0.25) is 4.79 Å². The third-order valence-electron chi connectivity index (χ3n) is 4.71. The molecule has 0 radical (unpaired) electrons. The van der Waals surface area contributed by atoms with Gasteiger partial charge in [-0.1, -0.05) is 18.2 Å². The van der Waals surface area contributed by atoms with E-state index in [1.807, 2.05) is 31.2 Å². The number of carbonyl (C=O) groups excluding carboxylic acids is 1. The van der Waals surface area contributed by atoms with Crippen LogP contribution >= 0.6 is 0 Å². The zero-order valence-corrected chi connectivity index (χ0v) is 17.9. The molecule has 160 valence electrons. The van der Waals surface area contributed by atoms with Gasteiger partial charge < -0.3 is 19.6 Å². The third-order valence-corrected chi connectivity index (χ3v) is 4.71. The number of hydrogen-bond acceptors (Lipinski definition) is 6. The maximum Gasteiger partial charge on any atom is 0.220 e. The Morgan fingerprint density at radius 3 is 2.59 bits per heavy atom. The van der Waals surface area contributed by atoms with Gasteiger partial charge >= 0.3 is 0 Å². The molecule has 0 bridgehead atoms. The monoisotopic (exact) mass is 403 g/mol. The van der Waals surface area contributed by atoms with Crippen LogP contribution in [0.15, 0.2) is 28.7 Å². The minimum atomic E-state index is -0.662. The summed E-state index contributed by atoms with van der Waals surface area (Å²) in [6.07, 6.45) is 4.51. The van der Waals surface area contributed by atoms with Gasteiger partial charge in [0.2, 0.25) is 17.7 Å². The van der Waals surface area contributed by atoms with E-state index in [9.17, 15) is 9.90 Å². The molecule has 0 saturated carbocycles. The maximum atomic E-state index is 12.1. The highest BCUT2D eigenvalue weighted by molar-refractivity contribution is 5.76. The Balaban J connectivity index is 1.71. The van der Waals surface area contributed by atoms with Crippen molar-refractivity contribution in [2.24, 2.45) is 0 Å². The van der Waals surface area contributed by atoms with E-state index in [0.29, 0.717) is 37.5 Å². The Morgan fingerprint density at radius 2 is 1.90 bits per heavy atom. The molecule has 1 atom stereocenters. The van der Waals surface area contributed by atoms with E-state index in [1.54, 1.807) is 21.0 Å². The van der Waals surface area contributed by atoms with Crippen molar-refractivity contribution in [1.82, 2.24) is 15.5 Å². The summed E-state index contributed by atoms with van der Waals surface area (Å²) in [4.78, 5) is 12.1. The van der Waals surface area contributed by atoms with Crippen molar-refractivity contribution in [1.29, 1.82) is 0 Å². The predicted molar refractivity (Wildman–Crippen MR) is 111 cm³/mol. The lowest BCUT2D eigenvalue weighted by Gasteiger charge is -2.19. The van der Waals surface area contributed by atoms with E-state index < -0.39 is 5.60 Å². The van der Waals surface area contributed by atoms with Gasteiger partial charge in [-0.15, -0.1) is 10.2 Å². The summed E-state index contributed by atoms with van der Waals surface area (Å²) in [7, 11) is 1.66. The Labute approximate surface area is 172 Å². The highest BCUT2D eigenvalue weighted by atomic mass is 16.5. The number of aromatic nitrogens is 2. The van der Waals surface area contributed by atoms with Gasteiger partial charge in [0.15, 0.2) is 0 Å². The second kappa shape index (κ2) is 11.0. The van der Waals surface area contributed by atoms with Crippen molar-refractivity contribution >= 4 is 5.91 Å². The van der Waals surface area contributed by atoms with Crippen LogP contribution in [-0.4, -0.2) is 40.0 Å². The summed E-state index contributed by atoms with van der Waals surface area (Å²) in [5, 5.41) is 20.8. The molecule has 1 heterocycles. The van der Waals surface area contributed by atoms with Crippen molar-refractivity contribution in [3.63, 3.8) is 0 Å². The molecule has 0 aliphatic heterocycles. The SMILES string of the molecule is COc1ccccc1CCc1nnc(CCC(=O)N[C@H](C)CCCC(C)(C)O)o1. The molecule has 0 aliphatic rings. The van der Waals surface area contributed by atoms with Crippen molar-refractivity contribution in [3.8, 4) is 5.75 Å². The fourth-order valence-electron chi connectivity index (χ4n) is 3.12. The highest BCUT2D eigenvalue weighted by Gasteiger charge is 2.15. The van der Waals surface area contributed by atoms with Crippen molar-refractivity contribution in [2.75, 3.05) is 7.11 Å². The van der Waals surface area contributed by atoms with Gasteiger partial charge in [0.05, 0.1) is 12.7 Å². The number of rotatable bonds is 12. The predicted octanol–water partition coefficient (Wildman–Crippen LogP) is 3.24. The molecule has 7 nitrogen and oxygen atoms in total. The molecule has 7 heteroatoms. The zero-order valence-electron chi connectivity index (χ0n) is 17.9. The number of amides is 1. The standard InChI is InChI=1S/C22H33N3O4/c1-16(8-7-15-22(2,3)27)23-19(26)12-14-21-25-24-20(29-21)13-11-17-9-5-6-10-18(17)28-4/h5-6,9-10,16,27H,7-8,11-15H2,1-4H3,(H,23,26)/t16-/m1/s1. The first kappa shape index (κ1) is 22.9. The van der Waals surface area contributed by atoms with Crippen LogP contribution in [0.3, 0.4) is 0 Å². The Bertz CT molecular complexity index is 767. The summed E-state index contributed by atoms with van der Waals surface area (Å²) in [6.45, 7) is 5.57. The molecule has 0 aliphatic carbocycles. The lowest BCUT2D eigenvalue weighted by Crippen LogP contribution is -2.33. The number of aryl methyl sites for hydroxylation is 3. The van der Waals surface area contributed by atoms with Crippen LogP contribution < -0.4 is 10.1 Å². The Kier molecular flexibility index (Phi) is 8.64. The number of para-hydroxylation sites is 1. The van der Waals surface area contributed by atoms with Crippen LogP contribution in [0.1, 0.15) is 63.8 Å². The van der Waals surface area contributed by atoms with Gasteiger partial charge in [0.1, 0.15) is 5.75 Å². The maximum absolute atomic E-state index is 12.1. The molecule has 1 aromatic carbocycles. The molecule has 0 spiro atoms. The summed E-state index contributed by atoms with van der Waals surface area (Å²) in [5.41, 5.74) is 0.429. The Morgan fingerprint density at radius 1 is 1.21 bits per heavy atom. The zero-order chi connectivity index (χ0) is 21.3. The minimum absolute atomic E-state index is 0.0328. The fraction of sp³-hybridized carbons (Fsp3) is 0.591. The average Bonchev–Trinajstić information content (AvgIpc) is 3.12. The second-order valence-corrected chi connectivity index (χ2v) is 8.07. The van der Waals surface area contributed by atoms with Crippen LogP contribution in [0.2, 0.25) is 0 Å². The van der Waals surface area contributed by atoms with Crippen LogP contribution in [0.4, 0.5) is 0 Å². The first-order valence-corrected chi connectivity index (χ1v) is 10.2. The number of methoxy groups -OCH3 is 1. The number of nitrogens with zero attached hydrogens (tertiary/aromatic N) is 2. The topological polar surface area (TPSA) is 97.5 Å². The molecule has 2 N–H and O–H groups in total. The summed E-state index contributed by atoms with van der Waals surface area (Å²) >= 11 is 0. The first-order valence-electron chi connectivity index (χ1n) is 10.2. The molecular weight excluding hydrogens is 370 g/mol. The van der Waals surface area contributed by atoms with Crippen LogP contribution in [0.25, 0.3) is 0 Å². The van der Waals surface area contributed by atoms with Crippen LogP contribution in [0.5, 0.6) is 5.75 Å². The van der Waals surface area contributed by atoms with Gasteiger partial charge in [-0.25, -0.2) is 0 Å². The van der Waals surface area contributed by atoms with E-state index >= 15 is 0 Å². The minimum Gasteiger partial charge on any atom is -0.496 e. The molecule has 0 fully saturated rings. The average molecular weight is 404 g/mol. The number of hydrogen-bond donors (Lipinski definition) is 2. The summed E-state index contributed by atoms with van der Waals surface area (Å²) in [5.74, 6) is 1.85. The van der Waals surface area contributed by atoms with Gasteiger partial charge in [0, 0.05) is 25.3 Å². The van der Waals surface area contributed by atoms with E-state index in [4.69, 9.17) is 9.15 Å². The molecule has 0 saturated heterocycles. The van der Waals surface area contributed by atoms with Crippen LogP contribution in [-0.2, 0) is 24.1 Å². The second-order valence-electron chi connectivity index (χ2n) is 8.07. The lowest BCUT2D eigenvalue weighted by atomic mass is 10.00. The molecule has 0 unspecified atom stereocenters. The van der Waals surface area contributed by atoms with E-state index in [2.05, 4.69) is 15.5 Å². The quantitative estimate of drug-likeness (QED) is 0.565. The van der Waals surface area contributed by atoms with Crippen molar-refractivity contribution in [2.45, 2.75) is 77.4 Å². The number of aliphatic hydroxyl groups is 1. The normalized spacial score (nSPS) is 12.6. The summed E-state index contributed by atoms with van der Waals surface area (Å²) in [6, 6.07) is 7.93. The fourth-order valence-corrected chi connectivity index (χ4v) is 3.12. The first-order chi connectivity index (χ1) is 13.8.